The molecular weight excluding hydrogens is 485 g/mol. The SMILES string of the molecule is CCCCNC(=O)[C@H](C)N(Cc1ccccc1Cl)C(=O)CN(c1cccc(Cl)c1)S(C)(=O)=O. The zero-order valence-electron chi connectivity index (χ0n) is 18.9. The lowest BCUT2D eigenvalue weighted by molar-refractivity contribution is -0.139. The summed E-state index contributed by atoms with van der Waals surface area (Å²) in [6, 6.07) is 12.4. The molecule has 0 spiro atoms. The van der Waals surface area contributed by atoms with E-state index in [1.54, 1.807) is 49.4 Å². The number of anilines is 1. The predicted octanol–water partition coefficient (Wildman–Crippen LogP) is 4.09. The summed E-state index contributed by atoms with van der Waals surface area (Å²) < 4.78 is 26.0. The van der Waals surface area contributed by atoms with Crippen molar-refractivity contribution in [1.82, 2.24) is 10.2 Å². The van der Waals surface area contributed by atoms with Gasteiger partial charge in [-0.25, -0.2) is 8.42 Å². The van der Waals surface area contributed by atoms with Crippen LogP contribution in [0.5, 0.6) is 0 Å². The second-order valence-corrected chi connectivity index (χ2v) is 10.4. The highest BCUT2D eigenvalue weighted by Gasteiger charge is 2.30. The van der Waals surface area contributed by atoms with Gasteiger partial charge in [-0.2, -0.15) is 0 Å². The number of hydrogen-bond donors (Lipinski definition) is 1. The maximum absolute atomic E-state index is 13.4. The van der Waals surface area contributed by atoms with Gasteiger partial charge in [-0.3, -0.25) is 13.9 Å². The molecule has 0 aliphatic rings. The van der Waals surface area contributed by atoms with E-state index >= 15 is 0 Å². The lowest BCUT2D eigenvalue weighted by Crippen LogP contribution is -2.51. The molecule has 0 fully saturated rings. The van der Waals surface area contributed by atoms with Gasteiger partial charge in [0.1, 0.15) is 12.6 Å². The molecule has 33 heavy (non-hydrogen) atoms. The van der Waals surface area contributed by atoms with Crippen LogP contribution >= 0.6 is 23.2 Å². The first kappa shape index (κ1) is 27.0. The number of nitrogens with one attached hydrogen (secondary N) is 1. The molecule has 2 amide bonds. The Morgan fingerprint density at radius 1 is 1.09 bits per heavy atom. The number of amides is 2. The van der Waals surface area contributed by atoms with Crippen molar-refractivity contribution in [2.24, 2.45) is 0 Å². The Bertz CT molecular complexity index is 1080. The third kappa shape index (κ3) is 7.91. The Morgan fingerprint density at radius 3 is 2.39 bits per heavy atom. The van der Waals surface area contributed by atoms with Crippen molar-refractivity contribution in [3.05, 3.63) is 64.1 Å². The van der Waals surface area contributed by atoms with Crippen molar-refractivity contribution < 1.29 is 18.0 Å². The summed E-state index contributed by atoms with van der Waals surface area (Å²) in [6.07, 6.45) is 2.74. The Kier molecular flexibility index (Phi) is 10.0. The Balaban J connectivity index is 2.36. The third-order valence-electron chi connectivity index (χ3n) is 5.07. The molecule has 7 nitrogen and oxygen atoms in total. The predicted molar refractivity (Wildman–Crippen MR) is 133 cm³/mol. The summed E-state index contributed by atoms with van der Waals surface area (Å²) in [5, 5.41) is 3.61. The van der Waals surface area contributed by atoms with Crippen LogP contribution in [0.15, 0.2) is 48.5 Å². The molecule has 0 heterocycles. The second kappa shape index (κ2) is 12.3. The van der Waals surface area contributed by atoms with Crippen molar-refractivity contribution in [1.29, 1.82) is 0 Å². The van der Waals surface area contributed by atoms with Crippen LogP contribution in [-0.2, 0) is 26.2 Å². The Labute approximate surface area is 205 Å². The van der Waals surface area contributed by atoms with Gasteiger partial charge in [0.05, 0.1) is 11.9 Å². The second-order valence-electron chi connectivity index (χ2n) is 7.68. The van der Waals surface area contributed by atoms with Gasteiger partial charge in [0, 0.05) is 23.1 Å². The molecule has 2 aromatic rings. The van der Waals surface area contributed by atoms with Gasteiger partial charge in [0.2, 0.25) is 21.8 Å². The zero-order valence-corrected chi connectivity index (χ0v) is 21.3. The molecule has 0 aromatic heterocycles. The molecule has 10 heteroatoms. The molecule has 0 aliphatic heterocycles. The van der Waals surface area contributed by atoms with Gasteiger partial charge in [-0.05, 0) is 43.2 Å². The minimum Gasteiger partial charge on any atom is -0.354 e. The van der Waals surface area contributed by atoms with Crippen molar-refractivity contribution in [3.63, 3.8) is 0 Å². The van der Waals surface area contributed by atoms with Crippen LogP contribution in [0.2, 0.25) is 10.0 Å². The number of carbonyl (C=O) groups excluding carboxylic acids is 2. The van der Waals surface area contributed by atoms with E-state index in [0.29, 0.717) is 22.2 Å². The van der Waals surface area contributed by atoms with E-state index < -0.39 is 28.5 Å². The zero-order chi connectivity index (χ0) is 24.6. The molecule has 0 saturated heterocycles. The highest BCUT2D eigenvalue weighted by atomic mass is 35.5. The number of sulfonamides is 1. The van der Waals surface area contributed by atoms with E-state index in [4.69, 9.17) is 23.2 Å². The van der Waals surface area contributed by atoms with E-state index in [-0.39, 0.29) is 18.1 Å². The third-order valence-corrected chi connectivity index (χ3v) is 6.82. The molecule has 0 radical (unpaired) electrons. The average molecular weight is 514 g/mol. The highest BCUT2D eigenvalue weighted by Crippen LogP contribution is 2.23. The normalized spacial score (nSPS) is 12.2. The standard InChI is InChI=1S/C23H29Cl2N3O4S/c1-4-5-13-26-23(30)17(2)27(15-18-9-6-7-12-21(18)25)22(29)16-28(33(3,31)32)20-11-8-10-19(24)14-20/h6-12,14,17H,4-5,13,15-16H2,1-3H3,(H,26,30)/t17-/m0/s1. The van der Waals surface area contributed by atoms with E-state index in [1.165, 1.54) is 11.0 Å². The monoisotopic (exact) mass is 513 g/mol. The minimum atomic E-state index is -3.81. The maximum atomic E-state index is 13.4. The van der Waals surface area contributed by atoms with Crippen LogP contribution in [0.3, 0.4) is 0 Å². The lowest BCUT2D eigenvalue weighted by atomic mass is 10.1. The van der Waals surface area contributed by atoms with E-state index in [2.05, 4.69) is 5.32 Å². The Hall–Kier alpha value is -2.29. The van der Waals surface area contributed by atoms with Crippen molar-refractivity contribution in [3.8, 4) is 0 Å². The van der Waals surface area contributed by atoms with E-state index in [0.717, 1.165) is 23.4 Å². The smallest absolute Gasteiger partial charge is 0.244 e. The topological polar surface area (TPSA) is 86.8 Å². The van der Waals surface area contributed by atoms with Gasteiger partial charge in [0.25, 0.3) is 0 Å². The van der Waals surface area contributed by atoms with Crippen molar-refractivity contribution in [2.45, 2.75) is 39.3 Å². The molecular formula is C23H29Cl2N3O4S. The van der Waals surface area contributed by atoms with Gasteiger partial charge in [-0.1, -0.05) is 60.8 Å². The summed E-state index contributed by atoms with van der Waals surface area (Å²) in [6.45, 7) is 3.68. The molecule has 180 valence electrons. The van der Waals surface area contributed by atoms with Gasteiger partial charge >= 0.3 is 0 Å². The highest BCUT2D eigenvalue weighted by molar-refractivity contribution is 7.92. The number of unbranched alkanes of at least 4 members (excludes halogenated alkanes) is 1. The van der Waals surface area contributed by atoms with Crippen LogP contribution in [0.25, 0.3) is 0 Å². The number of benzene rings is 2. The van der Waals surface area contributed by atoms with Crippen LogP contribution < -0.4 is 9.62 Å². The van der Waals surface area contributed by atoms with Crippen LogP contribution in [-0.4, -0.2) is 50.5 Å². The first-order chi connectivity index (χ1) is 15.5. The summed E-state index contributed by atoms with van der Waals surface area (Å²) in [7, 11) is -3.81. The molecule has 1 N–H and O–H groups in total. The Morgan fingerprint density at radius 2 is 1.79 bits per heavy atom. The van der Waals surface area contributed by atoms with Crippen LogP contribution in [0.4, 0.5) is 5.69 Å². The summed E-state index contributed by atoms with van der Waals surface area (Å²) in [5.74, 6) is -0.865. The quantitative estimate of drug-likeness (QED) is 0.458. The largest absolute Gasteiger partial charge is 0.354 e. The fraction of sp³-hybridized carbons (Fsp3) is 0.391. The van der Waals surface area contributed by atoms with Crippen molar-refractivity contribution >= 4 is 50.7 Å². The first-order valence-corrected chi connectivity index (χ1v) is 13.2. The number of rotatable bonds is 11. The first-order valence-electron chi connectivity index (χ1n) is 10.6. The summed E-state index contributed by atoms with van der Waals surface area (Å²) >= 11 is 12.3. The molecule has 0 unspecified atom stereocenters. The van der Waals surface area contributed by atoms with Crippen LogP contribution in [0, 0.1) is 0 Å². The van der Waals surface area contributed by atoms with E-state index in [9.17, 15) is 18.0 Å². The number of halogens is 2. The van der Waals surface area contributed by atoms with Crippen LogP contribution in [0.1, 0.15) is 32.3 Å². The number of carbonyl (C=O) groups is 2. The van der Waals surface area contributed by atoms with Gasteiger partial charge in [0.15, 0.2) is 0 Å². The average Bonchev–Trinajstić information content (AvgIpc) is 2.75. The molecule has 2 rings (SSSR count). The molecule has 0 bridgehead atoms. The molecule has 0 saturated carbocycles. The van der Waals surface area contributed by atoms with Crippen molar-refractivity contribution in [2.75, 3.05) is 23.7 Å². The lowest BCUT2D eigenvalue weighted by Gasteiger charge is -2.31. The molecule has 2 aromatic carbocycles. The fourth-order valence-electron chi connectivity index (χ4n) is 3.17. The number of nitrogens with zero attached hydrogens (tertiary/aromatic N) is 2. The van der Waals surface area contributed by atoms with Gasteiger partial charge < -0.3 is 10.2 Å². The maximum Gasteiger partial charge on any atom is 0.244 e. The number of hydrogen-bond acceptors (Lipinski definition) is 4. The fourth-order valence-corrected chi connectivity index (χ4v) is 4.40. The van der Waals surface area contributed by atoms with Gasteiger partial charge in [-0.15, -0.1) is 0 Å². The molecule has 1 atom stereocenters. The summed E-state index contributed by atoms with van der Waals surface area (Å²) in [5.41, 5.74) is 0.908. The molecule has 0 aliphatic carbocycles. The summed E-state index contributed by atoms with van der Waals surface area (Å²) in [4.78, 5) is 27.5. The minimum absolute atomic E-state index is 0.0496. The van der Waals surface area contributed by atoms with E-state index in [1.807, 2.05) is 6.92 Å².